The second kappa shape index (κ2) is 6.84. The molecular weight excluding hydrogens is 352 g/mol. The minimum atomic E-state index is -1.20. The van der Waals surface area contributed by atoms with Gasteiger partial charge in [0, 0.05) is 26.2 Å². The Morgan fingerprint density at radius 2 is 1.68 bits per heavy atom. The molecule has 1 atom stereocenters. The summed E-state index contributed by atoms with van der Waals surface area (Å²) in [5.74, 6) is 0.492. The van der Waals surface area contributed by atoms with Crippen LogP contribution in [0.4, 0.5) is 5.69 Å². The van der Waals surface area contributed by atoms with Crippen LogP contribution in [0.5, 0.6) is 11.5 Å². The largest absolute Gasteiger partial charge is 0.480 e. The fraction of sp³-hybridized carbons (Fsp3) is 0.261. The molecule has 1 aliphatic rings. The molecule has 0 radical (unpaired) electrons. The quantitative estimate of drug-likeness (QED) is 0.721. The van der Waals surface area contributed by atoms with Gasteiger partial charge < -0.3 is 20.5 Å². The van der Waals surface area contributed by atoms with Crippen LogP contribution in [0, 0.1) is 0 Å². The average molecular weight is 376 g/mol. The highest BCUT2D eigenvalue weighted by atomic mass is 16.5. The van der Waals surface area contributed by atoms with E-state index in [1.807, 2.05) is 50.5 Å². The molecule has 1 unspecified atom stereocenters. The molecular formula is C23H24N2O3. The molecule has 0 saturated carbocycles. The molecule has 0 heterocycles. The number of aryl methyl sites for hydroxylation is 1. The topological polar surface area (TPSA) is 75.8 Å². The number of nitrogens with two attached hydrogens (primary N) is 1. The third kappa shape index (κ3) is 3.41. The molecule has 0 fully saturated rings. The zero-order valence-electron chi connectivity index (χ0n) is 16.1. The second-order valence-corrected chi connectivity index (χ2v) is 7.76. The van der Waals surface area contributed by atoms with E-state index in [1.54, 1.807) is 0 Å². The van der Waals surface area contributed by atoms with Gasteiger partial charge in [-0.1, -0.05) is 18.2 Å². The molecule has 28 heavy (non-hydrogen) atoms. The first-order valence-electron chi connectivity index (χ1n) is 9.37. The molecule has 0 spiro atoms. The van der Waals surface area contributed by atoms with Crippen molar-refractivity contribution in [1.29, 1.82) is 0 Å². The fourth-order valence-corrected chi connectivity index (χ4v) is 3.73. The number of benzene rings is 3. The molecule has 0 bridgehead atoms. The number of carboxylic acids is 1. The molecule has 0 aromatic heterocycles. The standard InChI is InChI=1S/C23H24N2O3/c1-25(2)19-6-3-17-12-20(8-5-16(17)11-19)28-21-7-4-15-9-10-23(24,22(26)27)14-18(15)13-21/h3-8,11-13H,9-10,14,24H2,1-2H3,(H,26,27). The highest BCUT2D eigenvalue weighted by Gasteiger charge is 2.37. The van der Waals surface area contributed by atoms with E-state index in [-0.39, 0.29) is 0 Å². The molecule has 0 saturated heterocycles. The Bertz CT molecular complexity index is 1060. The molecule has 3 aromatic rings. The summed E-state index contributed by atoms with van der Waals surface area (Å²) < 4.78 is 6.06. The van der Waals surface area contributed by atoms with Crippen LogP contribution in [0.15, 0.2) is 54.6 Å². The average Bonchev–Trinajstić information content (AvgIpc) is 2.67. The van der Waals surface area contributed by atoms with Crippen LogP contribution >= 0.6 is 0 Å². The molecule has 5 nitrogen and oxygen atoms in total. The SMILES string of the molecule is CN(C)c1ccc2cc(Oc3ccc4c(c3)CC(N)(C(=O)O)CC4)ccc2c1. The Morgan fingerprint density at radius 3 is 2.43 bits per heavy atom. The smallest absolute Gasteiger partial charge is 0.324 e. The molecule has 4 rings (SSSR count). The van der Waals surface area contributed by atoms with Crippen molar-refractivity contribution in [2.75, 3.05) is 19.0 Å². The van der Waals surface area contributed by atoms with Gasteiger partial charge >= 0.3 is 5.97 Å². The Kier molecular flexibility index (Phi) is 4.47. The maximum Gasteiger partial charge on any atom is 0.324 e. The summed E-state index contributed by atoms with van der Waals surface area (Å²) in [6, 6.07) is 18.2. The van der Waals surface area contributed by atoms with Crippen LogP contribution in [0.2, 0.25) is 0 Å². The first kappa shape index (κ1) is 18.3. The van der Waals surface area contributed by atoms with E-state index in [0.29, 0.717) is 25.0 Å². The number of carbonyl (C=O) groups is 1. The number of ether oxygens (including phenoxy) is 1. The Balaban J connectivity index is 1.59. The van der Waals surface area contributed by atoms with Gasteiger partial charge in [0.2, 0.25) is 0 Å². The summed E-state index contributed by atoms with van der Waals surface area (Å²) in [4.78, 5) is 13.6. The zero-order chi connectivity index (χ0) is 19.9. The van der Waals surface area contributed by atoms with Crippen molar-refractivity contribution in [1.82, 2.24) is 0 Å². The van der Waals surface area contributed by atoms with E-state index in [4.69, 9.17) is 10.5 Å². The number of carboxylic acid groups (broad SMARTS) is 1. The predicted molar refractivity (Wildman–Crippen MR) is 111 cm³/mol. The summed E-state index contributed by atoms with van der Waals surface area (Å²) in [5.41, 5.74) is 8.12. The van der Waals surface area contributed by atoms with Crippen molar-refractivity contribution in [3.05, 3.63) is 65.7 Å². The lowest BCUT2D eigenvalue weighted by Crippen LogP contribution is -2.52. The van der Waals surface area contributed by atoms with E-state index in [0.717, 1.165) is 33.3 Å². The van der Waals surface area contributed by atoms with Gasteiger partial charge in [0.1, 0.15) is 17.0 Å². The Morgan fingerprint density at radius 1 is 1.00 bits per heavy atom. The van der Waals surface area contributed by atoms with Crippen molar-refractivity contribution >= 4 is 22.4 Å². The summed E-state index contributed by atoms with van der Waals surface area (Å²) in [5, 5.41) is 11.7. The van der Waals surface area contributed by atoms with Crippen LogP contribution in [0.1, 0.15) is 17.5 Å². The number of anilines is 1. The van der Waals surface area contributed by atoms with Gasteiger partial charge in [-0.15, -0.1) is 0 Å². The summed E-state index contributed by atoms with van der Waals surface area (Å²) in [6.45, 7) is 0. The zero-order valence-corrected chi connectivity index (χ0v) is 16.1. The highest BCUT2D eigenvalue weighted by molar-refractivity contribution is 5.87. The van der Waals surface area contributed by atoms with E-state index in [1.165, 1.54) is 0 Å². The van der Waals surface area contributed by atoms with Crippen molar-refractivity contribution in [2.24, 2.45) is 5.73 Å². The minimum Gasteiger partial charge on any atom is -0.480 e. The van der Waals surface area contributed by atoms with Crippen LogP contribution in [0.25, 0.3) is 10.8 Å². The van der Waals surface area contributed by atoms with Crippen molar-refractivity contribution < 1.29 is 14.6 Å². The van der Waals surface area contributed by atoms with Crippen molar-refractivity contribution in [3.8, 4) is 11.5 Å². The van der Waals surface area contributed by atoms with Gasteiger partial charge in [-0.2, -0.15) is 0 Å². The van der Waals surface area contributed by atoms with Gasteiger partial charge in [-0.05, 0) is 71.1 Å². The number of rotatable bonds is 4. The molecule has 3 N–H and O–H groups in total. The number of hydrogen-bond donors (Lipinski definition) is 2. The first-order valence-corrected chi connectivity index (χ1v) is 9.37. The van der Waals surface area contributed by atoms with Gasteiger partial charge in [0.15, 0.2) is 0 Å². The lowest BCUT2D eigenvalue weighted by atomic mass is 9.78. The minimum absolute atomic E-state index is 0.319. The Labute approximate surface area is 164 Å². The third-order valence-corrected chi connectivity index (χ3v) is 5.50. The first-order chi connectivity index (χ1) is 13.3. The molecule has 0 aliphatic heterocycles. The molecule has 144 valence electrons. The van der Waals surface area contributed by atoms with E-state index in [9.17, 15) is 9.90 Å². The summed E-state index contributed by atoms with van der Waals surface area (Å²) in [6.07, 6.45) is 1.44. The molecule has 5 heteroatoms. The second-order valence-electron chi connectivity index (χ2n) is 7.76. The van der Waals surface area contributed by atoms with E-state index < -0.39 is 11.5 Å². The van der Waals surface area contributed by atoms with E-state index in [2.05, 4.69) is 23.1 Å². The van der Waals surface area contributed by atoms with Crippen molar-refractivity contribution in [3.63, 3.8) is 0 Å². The number of hydrogen-bond acceptors (Lipinski definition) is 4. The van der Waals surface area contributed by atoms with E-state index >= 15 is 0 Å². The van der Waals surface area contributed by atoms with Gasteiger partial charge in [-0.25, -0.2) is 0 Å². The maximum atomic E-state index is 11.5. The van der Waals surface area contributed by atoms with Crippen LogP contribution in [-0.2, 0) is 17.6 Å². The molecule has 1 aliphatic carbocycles. The fourth-order valence-electron chi connectivity index (χ4n) is 3.73. The van der Waals surface area contributed by atoms with Gasteiger partial charge in [0.05, 0.1) is 0 Å². The summed E-state index contributed by atoms with van der Waals surface area (Å²) in [7, 11) is 4.05. The lowest BCUT2D eigenvalue weighted by molar-refractivity contribution is -0.143. The van der Waals surface area contributed by atoms with Crippen molar-refractivity contribution in [2.45, 2.75) is 24.8 Å². The number of nitrogens with zero attached hydrogens (tertiary/aromatic N) is 1. The monoisotopic (exact) mass is 376 g/mol. The number of aliphatic carboxylic acids is 1. The lowest BCUT2D eigenvalue weighted by Gasteiger charge is -2.31. The van der Waals surface area contributed by atoms with Gasteiger partial charge in [-0.3, -0.25) is 4.79 Å². The number of fused-ring (bicyclic) bond motifs is 2. The van der Waals surface area contributed by atoms with Crippen LogP contribution < -0.4 is 15.4 Å². The summed E-state index contributed by atoms with van der Waals surface area (Å²) >= 11 is 0. The van der Waals surface area contributed by atoms with Crippen LogP contribution in [0.3, 0.4) is 0 Å². The Hall–Kier alpha value is -3.05. The maximum absolute atomic E-state index is 11.5. The van der Waals surface area contributed by atoms with Crippen LogP contribution in [-0.4, -0.2) is 30.7 Å². The third-order valence-electron chi connectivity index (χ3n) is 5.50. The molecule has 0 amide bonds. The predicted octanol–water partition coefficient (Wildman–Crippen LogP) is 3.97. The highest BCUT2D eigenvalue weighted by Crippen LogP contribution is 2.33. The van der Waals surface area contributed by atoms with Gasteiger partial charge in [0.25, 0.3) is 0 Å². The normalized spacial score (nSPS) is 18.5. The molecule has 3 aromatic carbocycles.